The Bertz CT molecular complexity index is 509. The average molecular weight is 287 g/mol. The normalized spacial score (nSPS) is 12.4. The largest absolute Gasteiger partial charge is 0.394 e. The molecule has 108 valence electrons. The Morgan fingerprint density at radius 1 is 1.21 bits per heavy atom. The van der Waals surface area contributed by atoms with E-state index in [1.165, 1.54) is 6.07 Å². The molecule has 1 rings (SSSR count). The Morgan fingerprint density at radius 2 is 1.79 bits per heavy atom. The predicted molar refractivity (Wildman–Crippen MR) is 75.0 cm³/mol. The van der Waals surface area contributed by atoms with Crippen LogP contribution >= 0.6 is 0 Å². The smallest absolute Gasteiger partial charge is 0.180 e. The Kier molecular flexibility index (Phi) is 5.34. The van der Waals surface area contributed by atoms with Gasteiger partial charge in [-0.15, -0.1) is 0 Å². The van der Waals surface area contributed by atoms with Crippen molar-refractivity contribution >= 4 is 15.5 Å². The van der Waals surface area contributed by atoms with E-state index in [4.69, 9.17) is 0 Å². The van der Waals surface area contributed by atoms with Crippen LogP contribution in [0.1, 0.15) is 20.3 Å². The summed E-state index contributed by atoms with van der Waals surface area (Å²) in [5.41, 5.74) is -0.556. The highest BCUT2D eigenvalue weighted by atomic mass is 32.2. The Hall–Kier alpha value is -1.11. The third-order valence-electron chi connectivity index (χ3n) is 2.83. The second kappa shape index (κ2) is 6.36. The van der Waals surface area contributed by atoms with Gasteiger partial charge in [0.2, 0.25) is 0 Å². The summed E-state index contributed by atoms with van der Waals surface area (Å²) in [7, 11) is -3.36. The van der Waals surface area contributed by atoms with Crippen molar-refractivity contribution in [2.24, 2.45) is 0 Å². The minimum absolute atomic E-state index is 0.0701. The van der Waals surface area contributed by atoms with Gasteiger partial charge >= 0.3 is 0 Å². The van der Waals surface area contributed by atoms with Crippen LogP contribution in [0.15, 0.2) is 29.2 Å². The van der Waals surface area contributed by atoms with Crippen molar-refractivity contribution in [3.63, 3.8) is 0 Å². The number of hydrogen-bond donors (Lipinski definition) is 3. The van der Waals surface area contributed by atoms with E-state index in [9.17, 15) is 18.6 Å². The van der Waals surface area contributed by atoms with Gasteiger partial charge in [-0.3, -0.25) is 0 Å². The monoisotopic (exact) mass is 287 g/mol. The lowest BCUT2D eigenvalue weighted by molar-refractivity contribution is 0.147. The Balaban J connectivity index is 3.17. The van der Waals surface area contributed by atoms with Crippen LogP contribution in [0.2, 0.25) is 0 Å². The third kappa shape index (κ3) is 3.92. The maximum Gasteiger partial charge on any atom is 0.180 e. The molecule has 0 heterocycles. The Labute approximate surface area is 114 Å². The van der Waals surface area contributed by atoms with Crippen molar-refractivity contribution in [3.8, 4) is 0 Å². The van der Waals surface area contributed by atoms with Gasteiger partial charge in [0.1, 0.15) is 0 Å². The molecule has 3 N–H and O–H groups in total. The molecule has 0 amide bonds. The van der Waals surface area contributed by atoms with Gasteiger partial charge in [-0.05, 0) is 25.5 Å². The van der Waals surface area contributed by atoms with Crippen LogP contribution in [0.3, 0.4) is 0 Å². The van der Waals surface area contributed by atoms with Crippen molar-refractivity contribution in [2.75, 3.05) is 24.3 Å². The van der Waals surface area contributed by atoms with Crippen molar-refractivity contribution in [2.45, 2.75) is 30.7 Å². The van der Waals surface area contributed by atoms with E-state index in [1.54, 1.807) is 32.0 Å². The van der Waals surface area contributed by atoms with Gasteiger partial charge in [-0.2, -0.15) is 0 Å². The number of benzene rings is 1. The lowest BCUT2D eigenvalue weighted by atomic mass is 10.1. The molecular formula is C13H21NO4S. The molecule has 6 heteroatoms. The van der Waals surface area contributed by atoms with Crippen LogP contribution in [-0.4, -0.2) is 43.1 Å². The van der Waals surface area contributed by atoms with Gasteiger partial charge in [-0.25, -0.2) is 8.42 Å². The molecule has 0 aliphatic rings. The lowest BCUT2D eigenvalue weighted by Crippen LogP contribution is -2.42. The lowest BCUT2D eigenvalue weighted by Gasteiger charge is -2.28. The fourth-order valence-corrected chi connectivity index (χ4v) is 3.17. The third-order valence-corrected chi connectivity index (χ3v) is 4.80. The van der Waals surface area contributed by atoms with Gasteiger partial charge in [0.15, 0.2) is 9.84 Å². The summed E-state index contributed by atoms with van der Waals surface area (Å²) in [4.78, 5) is 0.199. The molecule has 0 spiro atoms. The first-order valence-corrected chi connectivity index (χ1v) is 7.85. The average Bonchev–Trinajstić information content (AvgIpc) is 2.39. The summed E-state index contributed by atoms with van der Waals surface area (Å²) >= 11 is 0. The molecule has 0 saturated heterocycles. The molecule has 0 unspecified atom stereocenters. The zero-order chi connectivity index (χ0) is 14.5. The molecule has 0 radical (unpaired) electrons. The molecule has 0 atom stereocenters. The summed E-state index contributed by atoms with van der Waals surface area (Å²) < 4.78 is 24.3. The number of sulfone groups is 1. The van der Waals surface area contributed by atoms with E-state index >= 15 is 0 Å². The number of aliphatic hydroxyl groups excluding tert-OH is 2. The summed E-state index contributed by atoms with van der Waals surface area (Å²) in [6, 6.07) is 6.53. The van der Waals surface area contributed by atoms with Crippen molar-refractivity contribution < 1.29 is 18.6 Å². The first-order valence-electron chi connectivity index (χ1n) is 6.20. The van der Waals surface area contributed by atoms with E-state index in [2.05, 4.69) is 5.32 Å². The van der Waals surface area contributed by atoms with Gasteiger partial charge in [0.05, 0.1) is 35.1 Å². The molecule has 0 saturated carbocycles. The van der Waals surface area contributed by atoms with Crippen LogP contribution in [0, 0.1) is 0 Å². The van der Waals surface area contributed by atoms with Crippen LogP contribution < -0.4 is 5.32 Å². The quantitative estimate of drug-likeness (QED) is 0.697. The summed E-state index contributed by atoms with van der Waals surface area (Å²) in [6.07, 6.45) is 0.536. The van der Waals surface area contributed by atoms with Crippen molar-refractivity contribution in [3.05, 3.63) is 24.3 Å². The number of aliphatic hydroxyl groups is 2. The minimum Gasteiger partial charge on any atom is -0.394 e. The molecule has 5 nitrogen and oxygen atoms in total. The van der Waals surface area contributed by atoms with Gasteiger partial charge in [0.25, 0.3) is 0 Å². The molecule has 19 heavy (non-hydrogen) atoms. The molecule has 0 bridgehead atoms. The van der Waals surface area contributed by atoms with Gasteiger partial charge in [-0.1, -0.05) is 19.1 Å². The number of nitrogens with one attached hydrogen (secondary N) is 1. The van der Waals surface area contributed by atoms with E-state index in [0.29, 0.717) is 12.1 Å². The molecule has 1 aromatic rings. The number of hydrogen-bond acceptors (Lipinski definition) is 5. The van der Waals surface area contributed by atoms with E-state index in [1.807, 2.05) is 0 Å². The highest BCUT2D eigenvalue weighted by Gasteiger charge is 2.25. The SMILES string of the molecule is CCCS(=O)(=O)c1ccccc1NC(C)(CO)CO. The first-order chi connectivity index (χ1) is 8.88. The Morgan fingerprint density at radius 3 is 2.32 bits per heavy atom. The molecule has 1 aromatic carbocycles. The number of rotatable bonds is 7. The maximum atomic E-state index is 12.2. The highest BCUT2D eigenvalue weighted by molar-refractivity contribution is 7.91. The second-order valence-electron chi connectivity index (χ2n) is 4.82. The van der Waals surface area contributed by atoms with Crippen molar-refractivity contribution in [1.29, 1.82) is 0 Å². The zero-order valence-corrected chi connectivity index (χ0v) is 12.1. The van der Waals surface area contributed by atoms with Crippen molar-refractivity contribution in [1.82, 2.24) is 0 Å². The molecule has 0 aliphatic heterocycles. The van der Waals surface area contributed by atoms with Crippen LogP contribution in [0.25, 0.3) is 0 Å². The van der Waals surface area contributed by atoms with Crippen LogP contribution in [-0.2, 0) is 9.84 Å². The first kappa shape index (κ1) is 15.9. The number of para-hydroxylation sites is 1. The molecule has 0 aliphatic carbocycles. The number of anilines is 1. The standard InChI is InChI=1S/C13H21NO4S/c1-3-8-19(17,18)12-7-5-4-6-11(12)14-13(2,9-15)10-16/h4-7,14-16H,3,8-10H2,1-2H3. The predicted octanol–water partition coefficient (Wildman–Crippen LogP) is 1.03. The van der Waals surface area contributed by atoms with Crippen LogP contribution in [0.5, 0.6) is 0 Å². The second-order valence-corrected chi connectivity index (χ2v) is 6.89. The fraction of sp³-hybridized carbons (Fsp3) is 0.538. The summed E-state index contributed by atoms with van der Waals surface area (Å²) in [5, 5.41) is 21.5. The zero-order valence-electron chi connectivity index (χ0n) is 11.3. The topological polar surface area (TPSA) is 86.6 Å². The summed E-state index contributed by atoms with van der Waals surface area (Å²) in [5.74, 6) is 0.0701. The van der Waals surface area contributed by atoms with Crippen LogP contribution in [0.4, 0.5) is 5.69 Å². The fourth-order valence-electron chi connectivity index (χ4n) is 1.67. The van der Waals surface area contributed by atoms with E-state index in [0.717, 1.165) is 0 Å². The molecule has 0 fully saturated rings. The van der Waals surface area contributed by atoms with E-state index in [-0.39, 0.29) is 23.9 Å². The molecular weight excluding hydrogens is 266 g/mol. The van der Waals surface area contributed by atoms with Gasteiger partial charge in [0, 0.05) is 0 Å². The maximum absolute atomic E-state index is 12.2. The highest BCUT2D eigenvalue weighted by Crippen LogP contribution is 2.25. The molecule has 0 aromatic heterocycles. The summed E-state index contributed by atoms with van der Waals surface area (Å²) in [6.45, 7) is 2.83. The minimum atomic E-state index is -3.36. The van der Waals surface area contributed by atoms with E-state index < -0.39 is 15.4 Å². The van der Waals surface area contributed by atoms with Gasteiger partial charge < -0.3 is 15.5 Å².